The molecule has 9 nitrogen and oxygen atoms in total. The second-order valence-corrected chi connectivity index (χ2v) is 5.67. The lowest BCUT2D eigenvalue weighted by Gasteiger charge is -2.30. The van der Waals surface area contributed by atoms with Crippen molar-refractivity contribution < 1.29 is 23.9 Å². The molecule has 1 aromatic carbocycles. The van der Waals surface area contributed by atoms with Crippen molar-refractivity contribution in [3.63, 3.8) is 0 Å². The Labute approximate surface area is 145 Å². The van der Waals surface area contributed by atoms with Gasteiger partial charge in [0.05, 0.1) is 20.1 Å². The van der Waals surface area contributed by atoms with Gasteiger partial charge in [-0.25, -0.2) is 4.79 Å². The lowest BCUT2D eigenvalue weighted by molar-refractivity contribution is -0.127. The van der Waals surface area contributed by atoms with Gasteiger partial charge >= 0.3 is 6.03 Å². The molecule has 0 aromatic heterocycles. The predicted octanol–water partition coefficient (Wildman–Crippen LogP) is 0.256. The van der Waals surface area contributed by atoms with Crippen LogP contribution in [0.15, 0.2) is 18.2 Å². The van der Waals surface area contributed by atoms with Crippen LogP contribution in [0.5, 0.6) is 11.5 Å². The Morgan fingerprint density at radius 2 is 1.76 bits per heavy atom. The van der Waals surface area contributed by atoms with Gasteiger partial charge in [-0.05, 0) is 25.0 Å². The lowest BCUT2D eigenvalue weighted by Crippen LogP contribution is -2.50. The topological polar surface area (TPSA) is 123 Å². The summed E-state index contributed by atoms with van der Waals surface area (Å²) >= 11 is 0. The quantitative estimate of drug-likeness (QED) is 0.672. The van der Waals surface area contributed by atoms with Crippen LogP contribution in [-0.4, -0.2) is 50.1 Å². The van der Waals surface area contributed by atoms with Crippen molar-refractivity contribution in [3.8, 4) is 11.5 Å². The van der Waals surface area contributed by atoms with E-state index >= 15 is 0 Å². The molecular weight excluding hydrogens is 328 g/mol. The molecule has 0 spiro atoms. The first-order chi connectivity index (χ1) is 11.9. The fourth-order valence-corrected chi connectivity index (χ4v) is 2.62. The van der Waals surface area contributed by atoms with Gasteiger partial charge in [0, 0.05) is 24.7 Å². The van der Waals surface area contributed by atoms with Crippen molar-refractivity contribution in [1.82, 2.24) is 15.8 Å². The number of hydrogen-bond acceptors (Lipinski definition) is 5. The summed E-state index contributed by atoms with van der Waals surface area (Å²) < 4.78 is 10.2. The predicted molar refractivity (Wildman–Crippen MR) is 89.0 cm³/mol. The molecule has 25 heavy (non-hydrogen) atoms. The zero-order chi connectivity index (χ0) is 18.4. The van der Waals surface area contributed by atoms with Crippen LogP contribution in [0.4, 0.5) is 4.79 Å². The van der Waals surface area contributed by atoms with Gasteiger partial charge in [0.15, 0.2) is 0 Å². The van der Waals surface area contributed by atoms with Crippen LogP contribution in [0.2, 0.25) is 0 Å². The first-order valence-corrected chi connectivity index (χ1v) is 7.82. The number of urea groups is 1. The van der Waals surface area contributed by atoms with Crippen LogP contribution in [0.1, 0.15) is 23.2 Å². The van der Waals surface area contributed by atoms with E-state index in [0.29, 0.717) is 30.9 Å². The highest BCUT2D eigenvalue weighted by Crippen LogP contribution is 2.22. The van der Waals surface area contributed by atoms with E-state index in [2.05, 4.69) is 10.9 Å². The summed E-state index contributed by atoms with van der Waals surface area (Å²) in [4.78, 5) is 37.1. The Kier molecular flexibility index (Phi) is 6.04. The minimum absolute atomic E-state index is 0.240. The molecule has 1 aromatic rings. The molecule has 0 radical (unpaired) electrons. The normalized spacial score (nSPS) is 16.7. The number of benzene rings is 1. The smallest absolute Gasteiger partial charge is 0.314 e. The van der Waals surface area contributed by atoms with E-state index in [1.807, 2.05) is 0 Å². The van der Waals surface area contributed by atoms with Gasteiger partial charge in [-0.2, -0.15) is 0 Å². The SMILES string of the molecule is COc1cc(OC)cc(C(=O)NNC(=O)[C@@H]2CCCN(C(N)=O)C2)c1. The van der Waals surface area contributed by atoms with Crippen molar-refractivity contribution >= 4 is 17.8 Å². The van der Waals surface area contributed by atoms with Crippen LogP contribution in [0.25, 0.3) is 0 Å². The maximum atomic E-state index is 12.2. The number of rotatable bonds is 4. The number of nitrogens with zero attached hydrogens (tertiary/aromatic N) is 1. The number of nitrogens with one attached hydrogen (secondary N) is 2. The molecule has 4 N–H and O–H groups in total. The highest BCUT2D eigenvalue weighted by Gasteiger charge is 2.27. The Hall–Kier alpha value is -2.97. The van der Waals surface area contributed by atoms with E-state index in [-0.39, 0.29) is 18.0 Å². The Bertz CT molecular complexity index is 642. The molecule has 1 heterocycles. The second-order valence-electron chi connectivity index (χ2n) is 5.67. The fourth-order valence-electron chi connectivity index (χ4n) is 2.62. The Morgan fingerprint density at radius 3 is 2.32 bits per heavy atom. The van der Waals surface area contributed by atoms with Crippen LogP contribution >= 0.6 is 0 Å². The number of likely N-dealkylation sites (tertiary alicyclic amines) is 1. The van der Waals surface area contributed by atoms with E-state index in [1.165, 1.54) is 31.3 Å². The number of amides is 4. The van der Waals surface area contributed by atoms with Crippen molar-refractivity contribution in [3.05, 3.63) is 23.8 Å². The number of hydrazine groups is 1. The molecule has 0 bridgehead atoms. The van der Waals surface area contributed by atoms with Gasteiger partial charge in [0.25, 0.3) is 5.91 Å². The van der Waals surface area contributed by atoms with Gasteiger partial charge in [0.1, 0.15) is 11.5 Å². The maximum Gasteiger partial charge on any atom is 0.314 e. The van der Waals surface area contributed by atoms with E-state index in [1.54, 1.807) is 6.07 Å². The molecule has 1 fully saturated rings. The number of ether oxygens (including phenoxy) is 2. The van der Waals surface area contributed by atoms with E-state index in [4.69, 9.17) is 15.2 Å². The molecular formula is C16H22N4O5. The molecule has 9 heteroatoms. The van der Waals surface area contributed by atoms with Crippen molar-refractivity contribution in [2.75, 3.05) is 27.3 Å². The fraction of sp³-hybridized carbons (Fsp3) is 0.438. The molecule has 1 saturated heterocycles. The average Bonchev–Trinajstić information content (AvgIpc) is 2.65. The summed E-state index contributed by atoms with van der Waals surface area (Å²) in [6.45, 7) is 0.777. The Balaban J connectivity index is 1.95. The van der Waals surface area contributed by atoms with Crippen molar-refractivity contribution in [2.24, 2.45) is 11.7 Å². The number of carbonyl (C=O) groups excluding carboxylic acids is 3. The molecule has 0 saturated carbocycles. The summed E-state index contributed by atoms with van der Waals surface area (Å²) in [5, 5.41) is 0. The molecule has 0 aliphatic carbocycles. The number of nitrogens with two attached hydrogens (primary N) is 1. The van der Waals surface area contributed by atoms with Crippen LogP contribution in [0.3, 0.4) is 0 Å². The number of piperidine rings is 1. The first-order valence-electron chi connectivity index (χ1n) is 7.82. The van der Waals surface area contributed by atoms with Gasteiger partial charge in [-0.3, -0.25) is 20.4 Å². The highest BCUT2D eigenvalue weighted by molar-refractivity contribution is 5.96. The summed E-state index contributed by atoms with van der Waals surface area (Å²) in [6.07, 6.45) is 1.31. The molecule has 0 unspecified atom stereocenters. The van der Waals surface area contributed by atoms with Gasteiger partial charge in [-0.1, -0.05) is 0 Å². The summed E-state index contributed by atoms with van der Waals surface area (Å²) in [5.41, 5.74) is 10.3. The van der Waals surface area contributed by atoms with Gasteiger partial charge in [-0.15, -0.1) is 0 Å². The zero-order valence-corrected chi connectivity index (χ0v) is 14.2. The van der Waals surface area contributed by atoms with Gasteiger partial charge in [0.2, 0.25) is 5.91 Å². The zero-order valence-electron chi connectivity index (χ0n) is 14.2. The molecule has 1 aliphatic rings. The largest absolute Gasteiger partial charge is 0.497 e. The van der Waals surface area contributed by atoms with Crippen molar-refractivity contribution in [1.29, 1.82) is 0 Å². The lowest BCUT2D eigenvalue weighted by atomic mass is 9.98. The monoisotopic (exact) mass is 350 g/mol. The van der Waals surface area contributed by atoms with E-state index in [0.717, 1.165) is 0 Å². The van der Waals surface area contributed by atoms with E-state index in [9.17, 15) is 14.4 Å². The molecule has 1 atom stereocenters. The van der Waals surface area contributed by atoms with Crippen molar-refractivity contribution in [2.45, 2.75) is 12.8 Å². The first kappa shape index (κ1) is 18.4. The minimum atomic E-state index is -0.551. The van der Waals surface area contributed by atoms with Crippen LogP contribution in [0, 0.1) is 5.92 Å². The molecule has 136 valence electrons. The standard InChI is InChI=1S/C16H22N4O5/c1-24-12-6-11(7-13(8-12)25-2)15(22)19-18-14(21)10-4-3-5-20(9-10)16(17)23/h6-8,10H,3-5,9H2,1-2H3,(H2,17,23)(H,18,21)(H,19,22)/t10-/m1/s1. The highest BCUT2D eigenvalue weighted by atomic mass is 16.5. The molecule has 1 aliphatic heterocycles. The van der Waals surface area contributed by atoms with E-state index < -0.39 is 17.9 Å². The number of hydrogen-bond donors (Lipinski definition) is 3. The second kappa shape index (κ2) is 8.22. The number of primary amides is 1. The minimum Gasteiger partial charge on any atom is -0.497 e. The van der Waals surface area contributed by atoms with Crippen LogP contribution < -0.4 is 26.1 Å². The number of methoxy groups -OCH3 is 2. The summed E-state index contributed by atoms with van der Waals surface area (Å²) in [7, 11) is 2.96. The summed E-state index contributed by atoms with van der Waals surface area (Å²) in [6, 6.07) is 4.14. The van der Waals surface area contributed by atoms with Crippen LogP contribution in [-0.2, 0) is 4.79 Å². The van der Waals surface area contributed by atoms with Gasteiger partial charge < -0.3 is 20.1 Å². The molecule has 4 amide bonds. The number of carbonyl (C=O) groups is 3. The maximum absolute atomic E-state index is 12.2. The Morgan fingerprint density at radius 1 is 1.12 bits per heavy atom. The summed E-state index contributed by atoms with van der Waals surface area (Å²) in [5.74, 6) is -0.371. The third kappa shape index (κ3) is 4.75. The third-order valence-electron chi connectivity index (χ3n) is 4.02. The molecule has 2 rings (SSSR count). The third-order valence-corrected chi connectivity index (χ3v) is 4.02. The average molecular weight is 350 g/mol.